The summed E-state index contributed by atoms with van der Waals surface area (Å²) in [4.78, 5) is 27.2. The van der Waals surface area contributed by atoms with E-state index in [1.54, 1.807) is 6.20 Å². The van der Waals surface area contributed by atoms with Gasteiger partial charge < -0.3 is 15.4 Å². The lowest BCUT2D eigenvalue weighted by Gasteiger charge is -2.15. The van der Waals surface area contributed by atoms with Crippen molar-refractivity contribution in [2.24, 2.45) is 0 Å². The van der Waals surface area contributed by atoms with Crippen LogP contribution in [-0.2, 0) is 21.2 Å². The standard InChI is InChI=1S/C19H18FN3O5S/c1-29(27,28)23-16-8-11(6-7-14(16)20)18(24)22-17(19(25)26)9-12-10-21-15-5-3-2-4-13(12)15/h2-8,10,17,21,23H,9H2,1H3,(H,22,24)(H,25,26)/t17-/m0/s1. The van der Waals surface area contributed by atoms with Crippen molar-refractivity contribution < 1.29 is 27.5 Å². The van der Waals surface area contributed by atoms with Crippen LogP contribution in [0.2, 0.25) is 0 Å². The quantitative estimate of drug-likeness (QED) is 0.466. The highest BCUT2D eigenvalue weighted by atomic mass is 32.2. The van der Waals surface area contributed by atoms with Crippen molar-refractivity contribution in [1.82, 2.24) is 10.3 Å². The molecule has 1 amide bonds. The highest BCUT2D eigenvalue weighted by Gasteiger charge is 2.23. The molecule has 8 nitrogen and oxygen atoms in total. The molecule has 0 fully saturated rings. The van der Waals surface area contributed by atoms with Gasteiger partial charge in [0.15, 0.2) is 0 Å². The fourth-order valence-electron chi connectivity index (χ4n) is 2.91. The summed E-state index contributed by atoms with van der Waals surface area (Å²) in [6.07, 6.45) is 2.56. The van der Waals surface area contributed by atoms with Gasteiger partial charge in [0, 0.05) is 29.1 Å². The molecule has 10 heteroatoms. The molecule has 4 N–H and O–H groups in total. The number of fused-ring (bicyclic) bond motifs is 1. The zero-order valence-corrected chi connectivity index (χ0v) is 16.1. The lowest BCUT2D eigenvalue weighted by molar-refractivity contribution is -0.139. The van der Waals surface area contributed by atoms with Gasteiger partial charge in [0.2, 0.25) is 10.0 Å². The van der Waals surface area contributed by atoms with Crippen LogP contribution in [-0.4, -0.2) is 42.7 Å². The van der Waals surface area contributed by atoms with E-state index in [9.17, 15) is 27.5 Å². The number of carboxylic acid groups (broad SMARTS) is 1. The second-order valence-corrected chi connectivity index (χ2v) is 8.25. The number of hydrogen-bond donors (Lipinski definition) is 4. The summed E-state index contributed by atoms with van der Waals surface area (Å²) in [5, 5.41) is 12.8. The minimum absolute atomic E-state index is 0.0285. The molecule has 1 aromatic heterocycles. The van der Waals surface area contributed by atoms with Crippen molar-refractivity contribution >= 4 is 38.5 Å². The van der Waals surface area contributed by atoms with Gasteiger partial charge in [-0.15, -0.1) is 0 Å². The van der Waals surface area contributed by atoms with Crippen LogP contribution in [0, 0.1) is 5.82 Å². The van der Waals surface area contributed by atoms with Crippen LogP contribution in [0.1, 0.15) is 15.9 Å². The average Bonchev–Trinajstić information content (AvgIpc) is 3.05. The van der Waals surface area contributed by atoms with Gasteiger partial charge in [-0.25, -0.2) is 17.6 Å². The molecule has 0 saturated heterocycles. The summed E-state index contributed by atoms with van der Waals surface area (Å²) in [7, 11) is -3.75. The molecule has 0 aliphatic rings. The second kappa shape index (κ2) is 7.92. The van der Waals surface area contributed by atoms with Crippen molar-refractivity contribution in [3.8, 4) is 0 Å². The molecule has 0 spiro atoms. The van der Waals surface area contributed by atoms with Crippen molar-refractivity contribution in [3.05, 3.63) is 65.6 Å². The maximum Gasteiger partial charge on any atom is 0.326 e. The van der Waals surface area contributed by atoms with Crippen LogP contribution in [0.15, 0.2) is 48.7 Å². The van der Waals surface area contributed by atoms with Crippen LogP contribution in [0.4, 0.5) is 10.1 Å². The zero-order valence-electron chi connectivity index (χ0n) is 15.3. The highest BCUT2D eigenvalue weighted by Crippen LogP contribution is 2.20. The molecule has 0 saturated carbocycles. The molecule has 29 heavy (non-hydrogen) atoms. The summed E-state index contributed by atoms with van der Waals surface area (Å²) in [5.41, 5.74) is 1.08. The van der Waals surface area contributed by atoms with Gasteiger partial charge in [-0.1, -0.05) is 18.2 Å². The summed E-state index contributed by atoms with van der Waals surface area (Å²) >= 11 is 0. The Hall–Kier alpha value is -3.40. The van der Waals surface area contributed by atoms with Crippen LogP contribution in [0.5, 0.6) is 0 Å². The molecular formula is C19H18FN3O5S. The number of aliphatic carboxylic acids is 1. The lowest BCUT2D eigenvalue weighted by atomic mass is 10.0. The number of rotatable bonds is 7. The van der Waals surface area contributed by atoms with Gasteiger partial charge in [0.1, 0.15) is 11.9 Å². The van der Waals surface area contributed by atoms with Crippen LogP contribution in [0.25, 0.3) is 10.9 Å². The number of amides is 1. The number of nitrogens with one attached hydrogen (secondary N) is 3. The maximum absolute atomic E-state index is 13.8. The number of carbonyl (C=O) groups excluding carboxylic acids is 1. The first-order chi connectivity index (χ1) is 13.6. The smallest absolute Gasteiger partial charge is 0.326 e. The van der Waals surface area contributed by atoms with E-state index in [0.29, 0.717) is 5.56 Å². The predicted molar refractivity (Wildman–Crippen MR) is 106 cm³/mol. The van der Waals surface area contributed by atoms with E-state index in [1.807, 2.05) is 29.0 Å². The summed E-state index contributed by atoms with van der Waals surface area (Å²) in [5.74, 6) is -2.87. The first-order valence-corrected chi connectivity index (χ1v) is 10.4. The summed E-state index contributed by atoms with van der Waals surface area (Å²) < 4.78 is 38.4. The van der Waals surface area contributed by atoms with Gasteiger partial charge in [0.05, 0.1) is 11.9 Å². The molecule has 152 valence electrons. The number of halogens is 1. The van der Waals surface area contributed by atoms with E-state index in [1.165, 1.54) is 0 Å². The van der Waals surface area contributed by atoms with E-state index in [4.69, 9.17) is 0 Å². The lowest BCUT2D eigenvalue weighted by Crippen LogP contribution is -2.42. The number of aromatic amines is 1. The van der Waals surface area contributed by atoms with Crippen molar-refractivity contribution in [2.45, 2.75) is 12.5 Å². The second-order valence-electron chi connectivity index (χ2n) is 6.50. The zero-order chi connectivity index (χ0) is 21.2. The number of para-hydroxylation sites is 1. The normalized spacial score (nSPS) is 12.5. The molecule has 0 aliphatic carbocycles. The van der Waals surface area contributed by atoms with Crippen LogP contribution < -0.4 is 10.0 Å². The molecule has 2 aromatic carbocycles. The third kappa shape index (κ3) is 4.91. The van der Waals surface area contributed by atoms with E-state index in [2.05, 4.69) is 10.3 Å². The third-order valence-electron chi connectivity index (χ3n) is 4.23. The number of H-pyrrole nitrogens is 1. The Morgan fingerprint density at radius 2 is 1.93 bits per heavy atom. The fraction of sp³-hybridized carbons (Fsp3) is 0.158. The number of hydrogen-bond acceptors (Lipinski definition) is 4. The van der Waals surface area contributed by atoms with Gasteiger partial charge >= 0.3 is 5.97 Å². The number of carboxylic acids is 1. The molecule has 1 heterocycles. The molecule has 0 unspecified atom stereocenters. The molecular weight excluding hydrogens is 401 g/mol. The number of sulfonamides is 1. The van der Waals surface area contributed by atoms with E-state index in [0.717, 1.165) is 35.4 Å². The Morgan fingerprint density at radius 3 is 2.62 bits per heavy atom. The highest BCUT2D eigenvalue weighted by molar-refractivity contribution is 7.92. The van der Waals surface area contributed by atoms with Crippen molar-refractivity contribution in [3.63, 3.8) is 0 Å². The van der Waals surface area contributed by atoms with Crippen molar-refractivity contribution in [1.29, 1.82) is 0 Å². The Morgan fingerprint density at radius 1 is 1.21 bits per heavy atom. The Balaban J connectivity index is 1.81. The first-order valence-electron chi connectivity index (χ1n) is 8.50. The molecule has 0 aliphatic heterocycles. The molecule has 0 bridgehead atoms. The monoisotopic (exact) mass is 419 g/mol. The third-order valence-corrected chi connectivity index (χ3v) is 4.82. The Bertz CT molecular complexity index is 1190. The average molecular weight is 419 g/mol. The van der Waals surface area contributed by atoms with Crippen LogP contribution in [0.3, 0.4) is 0 Å². The SMILES string of the molecule is CS(=O)(=O)Nc1cc(C(=O)N[C@@H](Cc2c[nH]c3ccccc23)C(=O)O)ccc1F. The number of carbonyl (C=O) groups is 2. The molecule has 3 rings (SSSR count). The number of benzene rings is 2. The Kier molecular flexibility index (Phi) is 5.55. The minimum atomic E-state index is -3.75. The topological polar surface area (TPSA) is 128 Å². The summed E-state index contributed by atoms with van der Waals surface area (Å²) in [6, 6.07) is 9.20. The number of aromatic nitrogens is 1. The maximum atomic E-state index is 13.8. The first kappa shape index (κ1) is 20.3. The Labute approximate surface area is 165 Å². The summed E-state index contributed by atoms with van der Waals surface area (Å²) in [6.45, 7) is 0. The number of anilines is 1. The van der Waals surface area contributed by atoms with E-state index in [-0.39, 0.29) is 12.0 Å². The predicted octanol–water partition coefficient (Wildman–Crippen LogP) is 2.10. The van der Waals surface area contributed by atoms with Gasteiger partial charge in [-0.2, -0.15) is 0 Å². The van der Waals surface area contributed by atoms with E-state index < -0.39 is 39.4 Å². The van der Waals surface area contributed by atoms with Gasteiger partial charge in [-0.3, -0.25) is 9.52 Å². The van der Waals surface area contributed by atoms with E-state index >= 15 is 0 Å². The largest absolute Gasteiger partial charge is 0.480 e. The van der Waals surface area contributed by atoms with Gasteiger partial charge in [0.25, 0.3) is 5.91 Å². The van der Waals surface area contributed by atoms with Gasteiger partial charge in [-0.05, 0) is 29.8 Å². The molecule has 3 aromatic rings. The fourth-order valence-corrected chi connectivity index (χ4v) is 3.46. The minimum Gasteiger partial charge on any atom is -0.480 e. The molecule has 1 atom stereocenters. The molecule has 0 radical (unpaired) electrons. The van der Waals surface area contributed by atoms with Crippen LogP contribution >= 0.6 is 0 Å². The van der Waals surface area contributed by atoms with Crippen molar-refractivity contribution in [2.75, 3.05) is 11.0 Å².